The summed E-state index contributed by atoms with van der Waals surface area (Å²) in [4.78, 5) is 42.3. The molecular weight excluding hydrogens is 530 g/mol. The Kier molecular flexibility index (Phi) is 6.15. The summed E-state index contributed by atoms with van der Waals surface area (Å²) in [7, 11) is 0. The monoisotopic (exact) mass is 560 g/mol. The minimum atomic E-state index is -0.911. The zero-order valence-corrected chi connectivity index (χ0v) is 22.9. The van der Waals surface area contributed by atoms with E-state index in [0.29, 0.717) is 41.6 Å². The van der Waals surface area contributed by atoms with Gasteiger partial charge >= 0.3 is 5.69 Å². The SMILES string of the molecule is Cc1c(C2=C(F)C[C@H](C(N)=O)c3[nH]c4c(c32)CC[C@H](C(C)(C)O)C4)cccc1-n1c(=O)cc2c(F)cccn2c1=O. The highest BCUT2D eigenvalue weighted by atomic mass is 19.1. The molecule has 2 aliphatic rings. The number of aromatic nitrogens is 3. The minimum Gasteiger partial charge on any atom is -0.390 e. The van der Waals surface area contributed by atoms with Crippen LogP contribution in [0.4, 0.5) is 8.78 Å². The Balaban J connectivity index is 1.56. The summed E-state index contributed by atoms with van der Waals surface area (Å²) in [5.74, 6) is -2.77. The minimum absolute atomic E-state index is 0.0259. The van der Waals surface area contributed by atoms with Crippen LogP contribution in [-0.4, -0.2) is 30.6 Å². The van der Waals surface area contributed by atoms with E-state index in [2.05, 4.69) is 4.98 Å². The Bertz CT molecular complexity index is 1910. The molecule has 0 bridgehead atoms. The fraction of sp³-hybridized carbons (Fsp3) is 0.323. The molecule has 2 atom stereocenters. The van der Waals surface area contributed by atoms with Gasteiger partial charge < -0.3 is 15.8 Å². The lowest BCUT2D eigenvalue weighted by Crippen LogP contribution is -2.36. The third-order valence-corrected chi connectivity index (χ3v) is 8.69. The van der Waals surface area contributed by atoms with Gasteiger partial charge in [0.25, 0.3) is 5.56 Å². The first kappa shape index (κ1) is 26.9. The molecule has 0 saturated carbocycles. The molecular formula is C31H30F2N4O4. The van der Waals surface area contributed by atoms with Gasteiger partial charge in [-0.05, 0) is 80.8 Å². The van der Waals surface area contributed by atoms with E-state index in [0.717, 1.165) is 26.3 Å². The number of nitrogens with zero attached hydrogens (tertiary/aromatic N) is 2. The maximum atomic E-state index is 16.1. The van der Waals surface area contributed by atoms with Crippen molar-refractivity contribution in [1.29, 1.82) is 0 Å². The van der Waals surface area contributed by atoms with Crippen LogP contribution in [0.1, 0.15) is 66.2 Å². The maximum Gasteiger partial charge on any atom is 0.340 e. The fourth-order valence-electron chi connectivity index (χ4n) is 6.47. The number of pyridine rings is 1. The number of nitrogens with one attached hydrogen (secondary N) is 1. The standard InChI is InChI=1S/C31H30F2N4O4/c1-15-17(6-4-8-23(15)37-25(38)14-24-20(32)7-5-11-36(24)30(37)40)26-21(33)13-19(29(34)39)28-27(26)18-10-9-16(31(2,3)41)12-22(18)35-28/h4-8,11,14,16,19,35,41H,9-10,12-13H2,1-3H3,(H2,34,39)/t16-,19-/m0/s1. The highest BCUT2D eigenvalue weighted by Crippen LogP contribution is 2.48. The first-order valence-electron chi connectivity index (χ1n) is 13.6. The lowest BCUT2D eigenvalue weighted by Gasteiger charge is -2.33. The zero-order valence-electron chi connectivity index (χ0n) is 22.9. The largest absolute Gasteiger partial charge is 0.390 e. The topological polar surface area (TPSA) is 123 Å². The van der Waals surface area contributed by atoms with E-state index < -0.39 is 40.3 Å². The third kappa shape index (κ3) is 4.16. The number of fused-ring (bicyclic) bond motifs is 4. The van der Waals surface area contributed by atoms with Crippen LogP contribution in [0.5, 0.6) is 0 Å². The van der Waals surface area contributed by atoms with Gasteiger partial charge in [0.05, 0.1) is 22.7 Å². The number of carbonyl (C=O) groups excluding carboxylic acids is 1. The van der Waals surface area contributed by atoms with Crippen molar-refractivity contribution in [2.75, 3.05) is 0 Å². The van der Waals surface area contributed by atoms with Crippen molar-refractivity contribution in [2.24, 2.45) is 11.7 Å². The van der Waals surface area contributed by atoms with Crippen LogP contribution in [0.3, 0.4) is 0 Å². The smallest absolute Gasteiger partial charge is 0.340 e. The fourth-order valence-corrected chi connectivity index (χ4v) is 6.47. The summed E-state index contributed by atoms with van der Waals surface area (Å²) in [6.45, 7) is 5.23. The molecule has 4 aromatic rings. The Hall–Kier alpha value is -4.31. The molecule has 0 radical (unpaired) electrons. The number of hydrogen-bond donors (Lipinski definition) is 3. The molecule has 0 aliphatic heterocycles. The Labute approximate surface area is 233 Å². The lowest BCUT2D eigenvalue weighted by atomic mass is 9.75. The van der Waals surface area contributed by atoms with Crippen molar-refractivity contribution in [2.45, 2.75) is 58.0 Å². The summed E-state index contributed by atoms with van der Waals surface area (Å²) in [5, 5.41) is 10.7. The molecule has 0 spiro atoms. The van der Waals surface area contributed by atoms with Gasteiger partial charge in [0.15, 0.2) is 0 Å². The van der Waals surface area contributed by atoms with E-state index in [1.807, 2.05) is 0 Å². The van der Waals surface area contributed by atoms with Gasteiger partial charge in [-0.3, -0.25) is 14.0 Å². The number of primary amides is 1. The molecule has 1 aromatic carbocycles. The predicted octanol–water partition coefficient (Wildman–Crippen LogP) is 3.80. The molecule has 3 aromatic heterocycles. The van der Waals surface area contributed by atoms with Crippen molar-refractivity contribution in [3.63, 3.8) is 0 Å². The van der Waals surface area contributed by atoms with Crippen molar-refractivity contribution in [3.05, 3.63) is 109 Å². The average molecular weight is 561 g/mol. The van der Waals surface area contributed by atoms with Gasteiger partial charge in [-0.1, -0.05) is 12.1 Å². The number of halogens is 2. The van der Waals surface area contributed by atoms with Crippen LogP contribution in [0.25, 0.3) is 16.8 Å². The Morgan fingerprint density at radius 2 is 1.90 bits per heavy atom. The van der Waals surface area contributed by atoms with E-state index >= 15 is 4.39 Å². The second-order valence-corrected chi connectivity index (χ2v) is 11.6. The van der Waals surface area contributed by atoms with Gasteiger partial charge in [0.1, 0.15) is 11.6 Å². The van der Waals surface area contributed by atoms with Gasteiger partial charge in [-0.25, -0.2) is 18.1 Å². The number of allylic oxidation sites excluding steroid dienone is 1. The van der Waals surface area contributed by atoms with Gasteiger partial charge in [-0.15, -0.1) is 0 Å². The summed E-state index contributed by atoms with van der Waals surface area (Å²) in [6, 6.07) is 8.53. The molecule has 3 heterocycles. The number of rotatable bonds is 4. The normalized spacial score (nSPS) is 18.9. The summed E-state index contributed by atoms with van der Waals surface area (Å²) < 4.78 is 32.4. The summed E-state index contributed by atoms with van der Waals surface area (Å²) in [6.07, 6.45) is 2.92. The van der Waals surface area contributed by atoms with Crippen LogP contribution < -0.4 is 17.0 Å². The highest BCUT2D eigenvalue weighted by molar-refractivity contribution is 5.93. The number of hydrogen-bond acceptors (Lipinski definition) is 4. The summed E-state index contributed by atoms with van der Waals surface area (Å²) in [5.41, 5.74) is 7.48. The van der Waals surface area contributed by atoms with Crippen molar-refractivity contribution in [3.8, 4) is 5.69 Å². The maximum absolute atomic E-state index is 16.1. The van der Waals surface area contributed by atoms with Crippen LogP contribution in [0.15, 0.2) is 58.0 Å². The first-order valence-corrected chi connectivity index (χ1v) is 13.6. The molecule has 6 rings (SSSR count). The number of aromatic amines is 1. The number of H-pyrrole nitrogens is 1. The highest BCUT2D eigenvalue weighted by Gasteiger charge is 2.40. The molecule has 212 valence electrons. The second-order valence-electron chi connectivity index (χ2n) is 11.6. The van der Waals surface area contributed by atoms with E-state index in [4.69, 9.17) is 5.73 Å². The van der Waals surface area contributed by atoms with Gasteiger partial charge in [-0.2, -0.15) is 0 Å². The molecule has 41 heavy (non-hydrogen) atoms. The summed E-state index contributed by atoms with van der Waals surface area (Å²) >= 11 is 0. The van der Waals surface area contributed by atoms with Crippen LogP contribution in [0.2, 0.25) is 0 Å². The van der Waals surface area contributed by atoms with Crippen molar-refractivity contribution >= 4 is 17.0 Å². The van der Waals surface area contributed by atoms with E-state index in [9.17, 15) is 23.9 Å². The number of amides is 1. The Morgan fingerprint density at radius 3 is 2.61 bits per heavy atom. The second kappa shape index (κ2) is 9.37. The van der Waals surface area contributed by atoms with Crippen molar-refractivity contribution < 1.29 is 18.7 Å². The lowest BCUT2D eigenvalue weighted by molar-refractivity contribution is -0.119. The number of aliphatic hydroxyl groups is 1. The Morgan fingerprint density at radius 1 is 1.15 bits per heavy atom. The molecule has 0 fully saturated rings. The molecule has 2 aliphatic carbocycles. The van der Waals surface area contributed by atoms with Crippen molar-refractivity contribution in [1.82, 2.24) is 14.0 Å². The van der Waals surface area contributed by atoms with E-state index in [-0.39, 0.29) is 29.1 Å². The molecule has 1 amide bonds. The molecule has 0 unspecified atom stereocenters. The number of benzene rings is 1. The van der Waals surface area contributed by atoms with Crippen LogP contribution in [-0.2, 0) is 17.6 Å². The van der Waals surface area contributed by atoms with Gasteiger partial charge in [0.2, 0.25) is 5.91 Å². The third-order valence-electron chi connectivity index (χ3n) is 8.69. The molecule has 8 nitrogen and oxygen atoms in total. The number of carbonyl (C=O) groups is 1. The molecule has 4 N–H and O–H groups in total. The first-order chi connectivity index (χ1) is 19.4. The zero-order chi connectivity index (χ0) is 29.4. The quantitative estimate of drug-likeness (QED) is 0.351. The van der Waals surface area contributed by atoms with Crippen LogP contribution in [0, 0.1) is 18.7 Å². The number of nitrogens with two attached hydrogens (primary N) is 1. The van der Waals surface area contributed by atoms with E-state index in [1.54, 1.807) is 39.0 Å². The predicted molar refractivity (Wildman–Crippen MR) is 150 cm³/mol. The van der Waals surface area contributed by atoms with Crippen LogP contribution >= 0.6 is 0 Å². The van der Waals surface area contributed by atoms with Gasteiger partial charge in [0, 0.05) is 41.2 Å². The molecule has 10 heteroatoms. The van der Waals surface area contributed by atoms with E-state index in [1.165, 1.54) is 18.3 Å². The molecule has 0 saturated heterocycles. The average Bonchev–Trinajstić information content (AvgIpc) is 3.28.